The molecule has 4 N–H and O–H groups in total. The predicted octanol–water partition coefficient (Wildman–Crippen LogP) is 1.78. The number of aromatic hydroxyl groups is 2. The van der Waals surface area contributed by atoms with Gasteiger partial charge in [-0.25, -0.2) is 4.79 Å². The van der Waals surface area contributed by atoms with Crippen molar-refractivity contribution in [1.82, 2.24) is 5.32 Å². The lowest BCUT2D eigenvalue weighted by atomic mass is 9.78. The highest BCUT2D eigenvalue weighted by Gasteiger charge is 2.44. The minimum atomic E-state index is -1.39. The molecule has 0 radical (unpaired) electrons. The molecule has 26 heavy (non-hydrogen) atoms. The van der Waals surface area contributed by atoms with Gasteiger partial charge < -0.3 is 24.8 Å². The number of carbonyl (C=O) groups is 1. The van der Waals surface area contributed by atoms with E-state index in [0.717, 1.165) is 5.56 Å². The van der Waals surface area contributed by atoms with Crippen LogP contribution in [-0.4, -0.2) is 42.1 Å². The molecule has 0 bridgehead atoms. The number of carboxylic acid groups (broad SMARTS) is 1. The second-order valence-electron chi connectivity index (χ2n) is 6.25. The van der Waals surface area contributed by atoms with Crippen molar-refractivity contribution in [3.63, 3.8) is 0 Å². The summed E-state index contributed by atoms with van der Waals surface area (Å²) in [7, 11) is 2.87. The summed E-state index contributed by atoms with van der Waals surface area (Å²) in [5, 5.41) is 33.2. The fraction of sp³-hybridized carbons (Fsp3) is 0.316. The zero-order chi connectivity index (χ0) is 18.9. The molecule has 1 aliphatic heterocycles. The summed E-state index contributed by atoms with van der Waals surface area (Å²) in [5.74, 6) is -0.571. The van der Waals surface area contributed by atoms with E-state index in [2.05, 4.69) is 5.32 Å². The number of phenols is 2. The molecular formula is C19H21NO6. The summed E-state index contributed by atoms with van der Waals surface area (Å²) < 4.78 is 10.2. The molecule has 0 unspecified atom stereocenters. The predicted molar refractivity (Wildman–Crippen MR) is 94.0 cm³/mol. The maximum atomic E-state index is 12.3. The molecule has 1 atom stereocenters. The number of carboxylic acids is 1. The van der Waals surface area contributed by atoms with E-state index in [4.69, 9.17) is 9.47 Å². The van der Waals surface area contributed by atoms with Gasteiger partial charge in [-0.3, -0.25) is 5.32 Å². The average Bonchev–Trinajstić information content (AvgIpc) is 2.61. The number of benzene rings is 2. The van der Waals surface area contributed by atoms with Crippen LogP contribution in [0.2, 0.25) is 0 Å². The second-order valence-corrected chi connectivity index (χ2v) is 6.25. The summed E-state index contributed by atoms with van der Waals surface area (Å²) >= 11 is 0. The van der Waals surface area contributed by atoms with Crippen molar-refractivity contribution in [2.45, 2.75) is 18.4 Å². The maximum Gasteiger partial charge on any atom is 0.328 e. The topological polar surface area (TPSA) is 108 Å². The maximum absolute atomic E-state index is 12.3. The number of fused-ring (bicyclic) bond motifs is 1. The van der Waals surface area contributed by atoms with Crippen LogP contribution in [0, 0.1) is 0 Å². The van der Waals surface area contributed by atoms with Crippen LogP contribution in [0.1, 0.15) is 16.7 Å². The van der Waals surface area contributed by atoms with E-state index in [1.54, 1.807) is 24.3 Å². The van der Waals surface area contributed by atoms with E-state index >= 15 is 0 Å². The lowest BCUT2D eigenvalue weighted by Gasteiger charge is -2.37. The van der Waals surface area contributed by atoms with Crippen LogP contribution in [-0.2, 0) is 23.2 Å². The van der Waals surface area contributed by atoms with E-state index < -0.39 is 11.5 Å². The molecule has 0 aromatic heterocycles. The minimum Gasteiger partial charge on any atom is -0.504 e. The van der Waals surface area contributed by atoms with Gasteiger partial charge in [-0.05, 0) is 47.4 Å². The van der Waals surface area contributed by atoms with Crippen molar-refractivity contribution >= 4 is 5.97 Å². The normalized spacial score (nSPS) is 18.8. The number of methoxy groups -OCH3 is 2. The third-order valence-corrected chi connectivity index (χ3v) is 4.76. The molecule has 0 fully saturated rings. The molecule has 138 valence electrons. The van der Waals surface area contributed by atoms with E-state index in [-0.39, 0.29) is 23.7 Å². The Bertz CT molecular complexity index is 850. The highest BCUT2D eigenvalue weighted by Crippen LogP contribution is 2.39. The van der Waals surface area contributed by atoms with Crippen molar-refractivity contribution in [1.29, 1.82) is 0 Å². The van der Waals surface area contributed by atoms with Gasteiger partial charge in [0.05, 0.1) is 14.2 Å². The monoisotopic (exact) mass is 359 g/mol. The third-order valence-electron chi connectivity index (χ3n) is 4.76. The van der Waals surface area contributed by atoms with Crippen LogP contribution in [0.3, 0.4) is 0 Å². The summed E-state index contributed by atoms with van der Waals surface area (Å²) in [5.41, 5.74) is 0.539. The van der Waals surface area contributed by atoms with Crippen molar-refractivity contribution in [3.8, 4) is 23.0 Å². The van der Waals surface area contributed by atoms with Gasteiger partial charge in [-0.1, -0.05) is 6.07 Å². The molecule has 3 rings (SSSR count). The first kappa shape index (κ1) is 17.9. The molecule has 2 aromatic rings. The second kappa shape index (κ2) is 6.76. The molecule has 0 aliphatic carbocycles. The quantitative estimate of drug-likeness (QED) is 0.644. The molecule has 0 amide bonds. The molecule has 0 spiro atoms. The Labute approximate surface area is 150 Å². The average molecular weight is 359 g/mol. The van der Waals surface area contributed by atoms with Crippen molar-refractivity contribution in [3.05, 3.63) is 47.0 Å². The van der Waals surface area contributed by atoms with Gasteiger partial charge in [0.2, 0.25) is 0 Å². The standard InChI is InChI=1S/C19H21NO6/c1-25-16-4-3-11(7-14(16)21)10-19(18(23)24)13-9-17(26-2)15(22)8-12(13)5-6-20-19/h3-4,7-9,20-22H,5-6,10H2,1-2H3,(H,23,24)/t19-/m1/s1. The molecule has 7 nitrogen and oxygen atoms in total. The Morgan fingerprint density at radius 2 is 1.81 bits per heavy atom. The first-order valence-corrected chi connectivity index (χ1v) is 8.16. The summed E-state index contributed by atoms with van der Waals surface area (Å²) in [6.07, 6.45) is 0.705. The molecule has 2 aromatic carbocycles. The SMILES string of the molecule is COc1ccc(C[C@@]2(C(=O)O)NCCc3cc(O)c(OC)cc32)cc1O. The minimum absolute atomic E-state index is 0.0190. The van der Waals surface area contributed by atoms with Gasteiger partial charge in [-0.2, -0.15) is 0 Å². The Balaban J connectivity index is 2.10. The number of phenolic OH excluding ortho intramolecular Hbond substituents is 2. The molecule has 0 saturated heterocycles. The Kier molecular flexibility index (Phi) is 4.65. The van der Waals surface area contributed by atoms with E-state index in [9.17, 15) is 20.1 Å². The smallest absolute Gasteiger partial charge is 0.328 e. The highest BCUT2D eigenvalue weighted by molar-refractivity contribution is 5.83. The number of ether oxygens (including phenoxy) is 2. The van der Waals surface area contributed by atoms with Gasteiger partial charge in [-0.15, -0.1) is 0 Å². The van der Waals surface area contributed by atoms with Gasteiger partial charge in [0.15, 0.2) is 23.0 Å². The third kappa shape index (κ3) is 2.90. The van der Waals surface area contributed by atoms with Crippen molar-refractivity contribution < 1.29 is 29.6 Å². The Morgan fingerprint density at radius 3 is 2.42 bits per heavy atom. The number of hydrogen-bond acceptors (Lipinski definition) is 6. The van der Waals surface area contributed by atoms with Gasteiger partial charge in [0.1, 0.15) is 5.54 Å². The number of nitrogens with one attached hydrogen (secondary N) is 1. The highest BCUT2D eigenvalue weighted by atomic mass is 16.5. The summed E-state index contributed by atoms with van der Waals surface area (Å²) in [6.45, 7) is 0.452. The van der Waals surface area contributed by atoms with E-state index in [1.807, 2.05) is 0 Å². The van der Waals surface area contributed by atoms with Crippen LogP contribution in [0.15, 0.2) is 30.3 Å². The van der Waals surface area contributed by atoms with Gasteiger partial charge in [0.25, 0.3) is 0 Å². The lowest BCUT2D eigenvalue weighted by Crippen LogP contribution is -2.54. The first-order valence-electron chi connectivity index (χ1n) is 8.16. The fourth-order valence-corrected chi connectivity index (χ4v) is 3.46. The van der Waals surface area contributed by atoms with Crippen LogP contribution in [0.25, 0.3) is 0 Å². The van der Waals surface area contributed by atoms with Crippen LogP contribution < -0.4 is 14.8 Å². The molecule has 1 aliphatic rings. The Morgan fingerprint density at radius 1 is 1.12 bits per heavy atom. The zero-order valence-corrected chi connectivity index (χ0v) is 14.6. The summed E-state index contributed by atoms with van der Waals surface area (Å²) in [6, 6.07) is 7.93. The van der Waals surface area contributed by atoms with Crippen LogP contribution in [0.4, 0.5) is 0 Å². The Hall–Kier alpha value is -2.93. The lowest BCUT2D eigenvalue weighted by molar-refractivity contribution is -0.145. The number of hydrogen-bond donors (Lipinski definition) is 4. The van der Waals surface area contributed by atoms with Gasteiger partial charge in [0, 0.05) is 13.0 Å². The van der Waals surface area contributed by atoms with Crippen molar-refractivity contribution in [2.75, 3.05) is 20.8 Å². The van der Waals surface area contributed by atoms with Gasteiger partial charge >= 0.3 is 5.97 Å². The molecule has 1 heterocycles. The molecule has 0 saturated carbocycles. The van der Waals surface area contributed by atoms with Crippen LogP contribution >= 0.6 is 0 Å². The van der Waals surface area contributed by atoms with Crippen molar-refractivity contribution in [2.24, 2.45) is 0 Å². The van der Waals surface area contributed by atoms with E-state index in [1.165, 1.54) is 20.3 Å². The molecular weight excluding hydrogens is 338 g/mol. The summed E-state index contributed by atoms with van der Waals surface area (Å²) in [4.78, 5) is 12.3. The largest absolute Gasteiger partial charge is 0.504 e. The fourth-order valence-electron chi connectivity index (χ4n) is 3.46. The van der Waals surface area contributed by atoms with Crippen LogP contribution in [0.5, 0.6) is 23.0 Å². The number of rotatable bonds is 5. The first-order chi connectivity index (χ1) is 12.4. The number of aliphatic carboxylic acids is 1. The van der Waals surface area contributed by atoms with E-state index in [0.29, 0.717) is 29.8 Å². The zero-order valence-electron chi connectivity index (χ0n) is 14.6. The molecule has 7 heteroatoms.